The SMILES string of the molecule is CCCN(CC1CC1)S(=O)(=O)c1c(NC)nc2sccn12. The summed E-state index contributed by atoms with van der Waals surface area (Å²) in [4.78, 5) is 5.05. The Morgan fingerprint density at radius 3 is 2.90 bits per heavy atom. The van der Waals surface area contributed by atoms with E-state index >= 15 is 0 Å². The van der Waals surface area contributed by atoms with Crippen LogP contribution in [0.3, 0.4) is 0 Å². The van der Waals surface area contributed by atoms with E-state index in [2.05, 4.69) is 10.3 Å². The molecule has 0 spiro atoms. The van der Waals surface area contributed by atoms with Crippen molar-refractivity contribution in [2.75, 3.05) is 25.5 Å². The molecule has 0 aromatic carbocycles. The summed E-state index contributed by atoms with van der Waals surface area (Å²) in [5.74, 6) is 0.953. The van der Waals surface area contributed by atoms with Gasteiger partial charge in [0.1, 0.15) is 0 Å². The summed E-state index contributed by atoms with van der Waals surface area (Å²) in [6.45, 7) is 3.18. The van der Waals surface area contributed by atoms with Crippen molar-refractivity contribution in [3.05, 3.63) is 11.6 Å². The van der Waals surface area contributed by atoms with Crippen LogP contribution in [0.4, 0.5) is 5.82 Å². The molecule has 1 aliphatic rings. The van der Waals surface area contributed by atoms with Crippen molar-refractivity contribution in [1.82, 2.24) is 13.7 Å². The lowest BCUT2D eigenvalue weighted by molar-refractivity contribution is 0.394. The zero-order valence-electron chi connectivity index (χ0n) is 12.2. The molecule has 0 unspecified atom stereocenters. The van der Waals surface area contributed by atoms with Gasteiger partial charge in [0.2, 0.25) is 0 Å². The molecule has 0 aliphatic heterocycles. The molecule has 0 atom stereocenters. The van der Waals surface area contributed by atoms with Crippen LogP contribution in [0.5, 0.6) is 0 Å². The van der Waals surface area contributed by atoms with E-state index in [0.717, 1.165) is 19.3 Å². The molecule has 116 valence electrons. The van der Waals surface area contributed by atoms with Gasteiger partial charge in [-0.1, -0.05) is 6.92 Å². The van der Waals surface area contributed by atoms with Crippen LogP contribution in [0, 0.1) is 5.92 Å². The number of sulfonamides is 1. The summed E-state index contributed by atoms with van der Waals surface area (Å²) in [6, 6.07) is 0. The summed E-state index contributed by atoms with van der Waals surface area (Å²) < 4.78 is 29.4. The van der Waals surface area contributed by atoms with E-state index < -0.39 is 10.0 Å². The first-order chi connectivity index (χ1) is 10.1. The van der Waals surface area contributed by atoms with Gasteiger partial charge < -0.3 is 5.32 Å². The highest BCUT2D eigenvalue weighted by Crippen LogP contribution is 2.33. The number of nitrogens with one attached hydrogen (secondary N) is 1. The standard InChI is InChI=1S/C13H20N4O2S2/c1-3-6-16(9-10-4-5-10)21(18,19)12-11(14-2)15-13-17(12)7-8-20-13/h7-8,10,14H,3-6,9H2,1-2H3. The molecule has 6 nitrogen and oxygen atoms in total. The van der Waals surface area contributed by atoms with Crippen molar-refractivity contribution < 1.29 is 8.42 Å². The first kappa shape index (κ1) is 14.8. The van der Waals surface area contributed by atoms with Crippen LogP contribution in [0.25, 0.3) is 4.96 Å². The molecule has 2 heterocycles. The first-order valence-electron chi connectivity index (χ1n) is 7.21. The van der Waals surface area contributed by atoms with E-state index in [0.29, 0.717) is 29.8 Å². The topological polar surface area (TPSA) is 66.7 Å². The quantitative estimate of drug-likeness (QED) is 0.846. The summed E-state index contributed by atoms with van der Waals surface area (Å²) in [5.41, 5.74) is 0. The third-order valence-electron chi connectivity index (χ3n) is 3.67. The number of nitrogens with zero attached hydrogens (tertiary/aromatic N) is 3. The van der Waals surface area contributed by atoms with Crippen LogP contribution >= 0.6 is 11.3 Å². The molecule has 0 amide bonds. The molecular formula is C13H20N4O2S2. The highest BCUT2D eigenvalue weighted by Gasteiger charge is 2.35. The molecule has 3 rings (SSSR count). The fourth-order valence-corrected chi connectivity index (χ4v) is 5.08. The van der Waals surface area contributed by atoms with E-state index in [1.165, 1.54) is 11.3 Å². The van der Waals surface area contributed by atoms with Crippen molar-refractivity contribution in [3.8, 4) is 0 Å². The van der Waals surface area contributed by atoms with Crippen LogP contribution in [-0.2, 0) is 10.0 Å². The number of imidazole rings is 1. The third kappa shape index (κ3) is 2.67. The smallest absolute Gasteiger partial charge is 0.262 e. The van der Waals surface area contributed by atoms with E-state index in [1.807, 2.05) is 12.3 Å². The lowest BCUT2D eigenvalue weighted by Gasteiger charge is -2.21. The van der Waals surface area contributed by atoms with Crippen LogP contribution in [0.15, 0.2) is 16.6 Å². The Balaban J connectivity index is 2.06. The Labute approximate surface area is 128 Å². The lowest BCUT2D eigenvalue weighted by Crippen LogP contribution is -2.34. The predicted octanol–water partition coefficient (Wildman–Crippen LogP) is 2.25. The molecule has 1 aliphatic carbocycles. The summed E-state index contributed by atoms with van der Waals surface area (Å²) in [7, 11) is -1.83. The molecule has 1 N–H and O–H groups in total. The number of rotatable bonds is 7. The van der Waals surface area contributed by atoms with Gasteiger partial charge in [-0.15, -0.1) is 11.3 Å². The molecule has 8 heteroatoms. The Morgan fingerprint density at radius 2 is 2.29 bits per heavy atom. The monoisotopic (exact) mass is 328 g/mol. The second-order valence-corrected chi connectivity index (χ2v) is 8.10. The van der Waals surface area contributed by atoms with Gasteiger partial charge in [-0.25, -0.2) is 13.4 Å². The van der Waals surface area contributed by atoms with Gasteiger partial charge >= 0.3 is 0 Å². The minimum Gasteiger partial charge on any atom is -0.371 e. The Morgan fingerprint density at radius 1 is 1.52 bits per heavy atom. The summed E-state index contributed by atoms with van der Waals surface area (Å²) in [5, 5.41) is 5.02. The van der Waals surface area contributed by atoms with Gasteiger partial charge in [0.15, 0.2) is 15.8 Å². The van der Waals surface area contributed by atoms with Crippen LogP contribution < -0.4 is 5.32 Å². The van der Waals surface area contributed by atoms with Crippen molar-refractivity contribution in [3.63, 3.8) is 0 Å². The Kier molecular flexibility index (Phi) is 3.94. The third-order valence-corrected chi connectivity index (χ3v) is 6.32. The Bertz CT molecular complexity index is 731. The normalized spacial score (nSPS) is 16.0. The zero-order chi connectivity index (χ0) is 15.0. The van der Waals surface area contributed by atoms with Crippen LogP contribution in [0.2, 0.25) is 0 Å². The maximum Gasteiger partial charge on any atom is 0.262 e. The number of fused-ring (bicyclic) bond motifs is 1. The molecule has 0 saturated heterocycles. The average molecular weight is 328 g/mol. The van der Waals surface area contributed by atoms with E-state index in [4.69, 9.17) is 0 Å². The van der Waals surface area contributed by atoms with Crippen molar-refractivity contribution >= 4 is 32.1 Å². The molecule has 1 fully saturated rings. The van der Waals surface area contributed by atoms with Gasteiger partial charge in [0.25, 0.3) is 10.0 Å². The minimum absolute atomic E-state index is 0.260. The first-order valence-corrected chi connectivity index (χ1v) is 9.53. The molecule has 2 aromatic heterocycles. The van der Waals surface area contributed by atoms with Gasteiger partial charge in [0, 0.05) is 31.7 Å². The highest BCUT2D eigenvalue weighted by molar-refractivity contribution is 7.89. The second-order valence-electron chi connectivity index (χ2n) is 5.38. The van der Waals surface area contributed by atoms with Gasteiger partial charge in [-0.05, 0) is 25.2 Å². The van der Waals surface area contributed by atoms with Crippen molar-refractivity contribution in [2.45, 2.75) is 31.2 Å². The second kappa shape index (κ2) is 5.58. The van der Waals surface area contributed by atoms with Crippen molar-refractivity contribution in [2.24, 2.45) is 5.92 Å². The lowest BCUT2D eigenvalue weighted by atomic mass is 10.4. The maximum absolute atomic E-state index is 13.1. The number of anilines is 1. The highest BCUT2D eigenvalue weighted by atomic mass is 32.2. The summed E-state index contributed by atoms with van der Waals surface area (Å²) in [6.07, 6.45) is 4.85. The fourth-order valence-electron chi connectivity index (χ4n) is 2.44. The molecule has 0 radical (unpaired) electrons. The summed E-state index contributed by atoms with van der Waals surface area (Å²) >= 11 is 1.43. The van der Waals surface area contributed by atoms with Crippen LogP contribution in [0.1, 0.15) is 26.2 Å². The number of hydrogen-bond donors (Lipinski definition) is 1. The van der Waals surface area contributed by atoms with Crippen LogP contribution in [-0.4, -0.2) is 42.2 Å². The number of aromatic nitrogens is 2. The molecule has 1 saturated carbocycles. The average Bonchev–Trinajstić information content (AvgIpc) is 3.02. The van der Waals surface area contributed by atoms with E-state index in [-0.39, 0.29) is 5.03 Å². The fraction of sp³-hybridized carbons (Fsp3) is 0.615. The molecule has 0 bridgehead atoms. The van der Waals surface area contributed by atoms with Gasteiger partial charge in [-0.3, -0.25) is 4.40 Å². The largest absolute Gasteiger partial charge is 0.371 e. The van der Waals surface area contributed by atoms with E-state index in [9.17, 15) is 8.42 Å². The zero-order valence-corrected chi connectivity index (χ0v) is 13.9. The number of thiazole rings is 1. The van der Waals surface area contributed by atoms with Crippen molar-refractivity contribution in [1.29, 1.82) is 0 Å². The number of hydrogen-bond acceptors (Lipinski definition) is 5. The molecule has 21 heavy (non-hydrogen) atoms. The predicted molar refractivity (Wildman–Crippen MR) is 84.4 cm³/mol. The van der Waals surface area contributed by atoms with Gasteiger partial charge in [-0.2, -0.15) is 4.31 Å². The van der Waals surface area contributed by atoms with E-state index in [1.54, 1.807) is 22.0 Å². The Hall–Kier alpha value is -1.12. The van der Waals surface area contributed by atoms with Gasteiger partial charge in [0.05, 0.1) is 0 Å². The molecular weight excluding hydrogens is 308 g/mol. The minimum atomic E-state index is -3.54. The molecule has 2 aromatic rings. The maximum atomic E-state index is 13.1.